The summed E-state index contributed by atoms with van der Waals surface area (Å²) in [7, 11) is 0. The standard InChI is InChI=1S/C11H10O4.C8H11N/c12-9-6-8(11(13)14)10(15-9)7-4-2-1-3-5-7;1-7(9)8-5-3-2-4-6-8/h1-5,8,10H,6H2,(H,13,14);2-7H,9H2,1H3/t8-,10+;/m1./s1. The Hall–Kier alpha value is -2.66. The maximum Gasteiger partial charge on any atom is 0.311 e. The molecule has 126 valence electrons. The van der Waals surface area contributed by atoms with Gasteiger partial charge in [-0.25, -0.2) is 0 Å². The summed E-state index contributed by atoms with van der Waals surface area (Å²) in [4.78, 5) is 22.0. The van der Waals surface area contributed by atoms with Crippen LogP contribution in [-0.2, 0) is 14.3 Å². The van der Waals surface area contributed by atoms with Crippen molar-refractivity contribution >= 4 is 11.9 Å². The Morgan fingerprint density at radius 1 is 1.12 bits per heavy atom. The highest BCUT2D eigenvalue weighted by Crippen LogP contribution is 2.35. The molecule has 3 atom stereocenters. The van der Waals surface area contributed by atoms with Gasteiger partial charge in [0, 0.05) is 6.04 Å². The molecule has 2 aromatic carbocycles. The summed E-state index contributed by atoms with van der Waals surface area (Å²) in [6.07, 6.45) is -0.689. The summed E-state index contributed by atoms with van der Waals surface area (Å²) in [5.41, 5.74) is 7.54. The molecule has 0 saturated carbocycles. The van der Waals surface area contributed by atoms with Crippen molar-refractivity contribution in [3.8, 4) is 0 Å². The molecular formula is C19H21NO4. The van der Waals surface area contributed by atoms with Crippen LogP contribution in [0, 0.1) is 5.92 Å². The maximum absolute atomic E-state index is 11.1. The Morgan fingerprint density at radius 3 is 2.12 bits per heavy atom. The molecule has 0 aromatic heterocycles. The van der Waals surface area contributed by atoms with Crippen LogP contribution in [0.3, 0.4) is 0 Å². The van der Waals surface area contributed by atoms with Crippen molar-refractivity contribution in [1.82, 2.24) is 0 Å². The molecule has 1 aliphatic rings. The Kier molecular flexibility index (Phi) is 6.09. The summed E-state index contributed by atoms with van der Waals surface area (Å²) >= 11 is 0. The van der Waals surface area contributed by atoms with E-state index in [2.05, 4.69) is 0 Å². The van der Waals surface area contributed by atoms with E-state index < -0.39 is 24.0 Å². The Bertz CT molecular complexity index is 670. The van der Waals surface area contributed by atoms with Crippen molar-refractivity contribution < 1.29 is 19.4 Å². The average Bonchev–Trinajstić information content (AvgIpc) is 2.99. The maximum atomic E-state index is 11.1. The van der Waals surface area contributed by atoms with Gasteiger partial charge in [-0.05, 0) is 18.1 Å². The van der Waals surface area contributed by atoms with Crippen molar-refractivity contribution in [2.45, 2.75) is 25.5 Å². The van der Waals surface area contributed by atoms with Gasteiger partial charge >= 0.3 is 11.9 Å². The molecule has 0 bridgehead atoms. The topological polar surface area (TPSA) is 89.6 Å². The van der Waals surface area contributed by atoms with E-state index >= 15 is 0 Å². The molecule has 2 aromatic rings. The molecule has 5 heteroatoms. The van der Waals surface area contributed by atoms with E-state index in [1.165, 1.54) is 5.56 Å². The number of carboxylic acid groups (broad SMARTS) is 1. The Balaban J connectivity index is 0.000000198. The van der Waals surface area contributed by atoms with Gasteiger partial charge in [-0.15, -0.1) is 0 Å². The highest BCUT2D eigenvalue weighted by atomic mass is 16.6. The van der Waals surface area contributed by atoms with Crippen LogP contribution in [0.2, 0.25) is 0 Å². The molecular weight excluding hydrogens is 306 g/mol. The number of carboxylic acids is 1. The molecule has 1 heterocycles. The van der Waals surface area contributed by atoms with Gasteiger partial charge in [0.15, 0.2) is 0 Å². The van der Waals surface area contributed by atoms with E-state index in [1.54, 1.807) is 24.3 Å². The number of benzene rings is 2. The number of hydrogen-bond donors (Lipinski definition) is 2. The number of nitrogens with two attached hydrogens (primary N) is 1. The lowest BCUT2D eigenvalue weighted by Crippen LogP contribution is -2.17. The third-order valence-corrected chi connectivity index (χ3v) is 3.78. The summed E-state index contributed by atoms with van der Waals surface area (Å²) in [6, 6.07) is 19.2. The third-order valence-electron chi connectivity index (χ3n) is 3.78. The van der Waals surface area contributed by atoms with Crippen LogP contribution in [0.4, 0.5) is 0 Å². The van der Waals surface area contributed by atoms with Gasteiger partial charge in [0.25, 0.3) is 0 Å². The Morgan fingerprint density at radius 2 is 1.67 bits per heavy atom. The fourth-order valence-electron chi connectivity index (χ4n) is 2.47. The molecule has 3 rings (SSSR count). The number of cyclic esters (lactones) is 1. The summed E-state index contributed by atoms with van der Waals surface area (Å²) in [5.74, 6) is -2.20. The smallest absolute Gasteiger partial charge is 0.311 e. The molecule has 1 aliphatic heterocycles. The zero-order chi connectivity index (χ0) is 17.5. The summed E-state index contributed by atoms with van der Waals surface area (Å²) in [5, 5.41) is 8.93. The molecule has 1 unspecified atom stereocenters. The molecule has 0 spiro atoms. The first-order valence-electron chi connectivity index (χ1n) is 7.76. The van der Waals surface area contributed by atoms with Crippen LogP contribution in [0.1, 0.15) is 36.6 Å². The van der Waals surface area contributed by atoms with Gasteiger partial charge in [-0.3, -0.25) is 9.59 Å². The lowest BCUT2D eigenvalue weighted by Gasteiger charge is -2.13. The largest absolute Gasteiger partial charge is 0.481 e. The van der Waals surface area contributed by atoms with Gasteiger partial charge in [-0.2, -0.15) is 0 Å². The van der Waals surface area contributed by atoms with E-state index in [4.69, 9.17) is 15.6 Å². The first-order valence-corrected chi connectivity index (χ1v) is 7.76. The molecule has 1 fully saturated rings. The highest BCUT2D eigenvalue weighted by Gasteiger charge is 2.40. The first-order chi connectivity index (χ1) is 11.5. The monoisotopic (exact) mass is 327 g/mol. The molecule has 1 saturated heterocycles. The minimum Gasteiger partial charge on any atom is -0.481 e. The van der Waals surface area contributed by atoms with Gasteiger partial charge < -0.3 is 15.6 Å². The zero-order valence-electron chi connectivity index (χ0n) is 13.5. The molecule has 0 radical (unpaired) electrons. The van der Waals surface area contributed by atoms with E-state index in [1.807, 2.05) is 43.3 Å². The van der Waals surface area contributed by atoms with Crippen molar-refractivity contribution in [3.05, 3.63) is 71.8 Å². The second-order valence-corrected chi connectivity index (χ2v) is 5.67. The quantitative estimate of drug-likeness (QED) is 0.846. The molecule has 5 nitrogen and oxygen atoms in total. The minimum absolute atomic E-state index is 0.0467. The lowest BCUT2D eigenvalue weighted by molar-refractivity contribution is -0.144. The molecule has 24 heavy (non-hydrogen) atoms. The fraction of sp³-hybridized carbons (Fsp3) is 0.263. The predicted molar refractivity (Wildman–Crippen MR) is 90.1 cm³/mol. The number of carbonyl (C=O) groups excluding carboxylic acids is 1. The summed E-state index contributed by atoms with van der Waals surface area (Å²) < 4.78 is 5.00. The number of rotatable bonds is 3. The number of hydrogen-bond acceptors (Lipinski definition) is 4. The van der Waals surface area contributed by atoms with E-state index in [0.717, 1.165) is 5.56 Å². The first kappa shape index (κ1) is 17.7. The summed E-state index contributed by atoms with van der Waals surface area (Å²) in [6.45, 7) is 1.98. The highest BCUT2D eigenvalue weighted by molar-refractivity contribution is 5.82. The SMILES string of the molecule is CC(N)c1ccccc1.O=C1C[C@@H](C(=O)O)[C@H](c2ccccc2)O1. The predicted octanol–water partition coefficient (Wildman–Crippen LogP) is 3.08. The Labute approximate surface area is 141 Å². The third kappa shape index (κ3) is 4.67. The van der Waals surface area contributed by atoms with Crippen LogP contribution in [0.25, 0.3) is 0 Å². The lowest BCUT2D eigenvalue weighted by atomic mass is 9.95. The number of aliphatic carboxylic acids is 1. The van der Waals surface area contributed by atoms with Crippen molar-refractivity contribution in [2.24, 2.45) is 11.7 Å². The van der Waals surface area contributed by atoms with Crippen LogP contribution < -0.4 is 5.73 Å². The van der Waals surface area contributed by atoms with Crippen LogP contribution >= 0.6 is 0 Å². The van der Waals surface area contributed by atoms with Crippen molar-refractivity contribution in [2.75, 3.05) is 0 Å². The second-order valence-electron chi connectivity index (χ2n) is 5.67. The number of esters is 1. The number of ether oxygens (including phenoxy) is 1. The van der Waals surface area contributed by atoms with Gasteiger partial charge in [0.1, 0.15) is 12.0 Å². The van der Waals surface area contributed by atoms with Crippen molar-refractivity contribution in [3.63, 3.8) is 0 Å². The van der Waals surface area contributed by atoms with Crippen LogP contribution in [0.5, 0.6) is 0 Å². The average molecular weight is 327 g/mol. The fourth-order valence-corrected chi connectivity index (χ4v) is 2.47. The van der Waals surface area contributed by atoms with Crippen LogP contribution in [0.15, 0.2) is 60.7 Å². The molecule has 3 N–H and O–H groups in total. The number of carbonyl (C=O) groups is 2. The van der Waals surface area contributed by atoms with Crippen LogP contribution in [-0.4, -0.2) is 17.0 Å². The van der Waals surface area contributed by atoms with Gasteiger partial charge in [0.05, 0.1) is 6.42 Å². The van der Waals surface area contributed by atoms with Gasteiger partial charge in [0.2, 0.25) is 0 Å². The van der Waals surface area contributed by atoms with E-state index in [-0.39, 0.29) is 12.5 Å². The van der Waals surface area contributed by atoms with E-state index in [0.29, 0.717) is 0 Å². The minimum atomic E-state index is -0.991. The molecule has 0 amide bonds. The zero-order valence-corrected chi connectivity index (χ0v) is 13.5. The second kappa shape index (κ2) is 8.26. The normalized spacial score (nSPS) is 20.5. The van der Waals surface area contributed by atoms with E-state index in [9.17, 15) is 9.59 Å². The van der Waals surface area contributed by atoms with Crippen molar-refractivity contribution in [1.29, 1.82) is 0 Å². The molecule has 0 aliphatic carbocycles. The van der Waals surface area contributed by atoms with Gasteiger partial charge in [-0.1, -0.05) is 60.7 Å².